The predicted molar refractivity (Wildman–Crippen MR) is 70.0 cm³/mol. The van der Waals surface area contributed by atoms with E-state index in [2.05, 4.69) is 20.9 Å². The van der Waals surface area contributed by atoms with E-state index in [1.165, 1.54) is 0 Å². The Hall–Kier alpha value is -0.510. The molecule has 0 spiro atoms. The smallest absolute Gasteiger partial charge is 0.123 e. The summed E-state index contributed by atoms with van der Waals surface area (Å²) in [6, 6.07) is 5.84. The molecule has 5 heteroatoms. The van der Waals surface area contributed by atoms with Crippen molar-refractivity contribution >= 4 is 39.1 Å². The van der Waals surface area contributed by atoms with Gasteiger partial charge in [-0.1, -0.05) is 33.6 Å². The summed E-state index contributed by atoms with van der Waals surface area (Å²) in [4.78, 5) is 4.16. The number of alkyl halides is 1. The third-order valence-corrected chi connectivity index (χ3v) is 3.36. The molecule has 1 aromatic carbocycles. The van der Waals surface area contributed by atoms with E-state index in [1.54, 1.807) is 6.20 Å². The van der Waals surface area contributed by atoms with Crippen molar-refractivity contribution in [1.29, 1.82) is 0 Å². The van der Waals surface area contributed by atoms with E-state index in [-0.39, 0.29) is 0 Å². The summed E-state index contributed by atoms with van der Waals surface area (Å²) >= 11 is 15.3. The van der Waals surface area contributed by atoms with E-state index in [4.69, 9.17) is 23.2 Å². The first kappa shape index (κ1) is 12.0. The quantitative estimate of drug-likeness (QED) is 0.779. The first-order chi connectivity index (χ1) is 7.70. The lowest BCUT2D eigenvalue weighted by Gasteiger charge is -2.08. The second-order valence-electron chi connectivity index (χ2n) is 3.34. The van der Waals surface area contributed by atoms with Gasteiger partial charge in [-0.3, -0.25) is 0 Å². The van der Waals surface area contributed by atoms with Crippen molar-refractivity contribution in [3.63, 3.8) is 0 Å². The van der Waals surface area contributed by atoms with E-state index in [1.807, 2.05) is 29.0 Å². The average Bonchev–Trinajstić information content (AvgIpc) is 2.69. The molecule has 0 aliphatic rings. The maximum Gasteiger partial charge on any atom is 0.123 e. The summed E-state index contributed by atoms with van der Waals surface area (Å²) in [7, 11) is 0. The Bertz CT molecular complexity index is 496. The molecule has 2 aromatic rings. The molecule has 0 amide bonds. The number of nitrogens with zero attached hydrogens (tertiary/aromatic N) is 2. The lowest BCUT2D eigenvalue weighted by Crippen LogP contribution is -2.03. The molecule has 0 fully saturated rings. The van der Waals surface area contributed by atoms with Gasteiger partial charge in [0, 0.05) is 21.9 Å². The number of hydrogen-bond acceptors (Lipinski definition) is 1. The van der Waals surface area contributed by atoms with E-state index in [0.29, 0.717) is 12.4 Å². The highest BCUT2D eigenvalue weighted by molar-refractivity contribution is 9.10. The van der Waals surface area contributed by atoms with Gasteiger partial charge < -0.3 is 4.57 Å². The molecule has 1 heterocycles. The third kappa shape index (κ3) is 2.59. The minimum Gasteiger partial charge on any atom is -0.329 e. The summed E-state index contributed by atoms with van der Waals surface area (Å²) in [5.74, 6) is 1.25. The minimum atomic E-state index is 0.404. The lowest BCUT2D eigenvalue weighted by molar-refractivity contribution is 0.755. The van der Waals surface area contributed by atoms with E-state index in [0.717, 1.165) is 20.9 Å². The molecule has 0 unspecified atom stereocenters. The topological polar surface area (TPSA) is 17.8 Å². The summed E-state index contributed by atoms with van der Waals surface area (Å²) in [6.45, 7) is 0.689. The molecule has 16 heavy (non-hydrogen) atoms. The van der Waals surface area contributed by atoms with E-state index in [9.17, 15) is 0 Å². The van der Waals surface area contributed by atoms with Crippen molar-refractivity contribution in [1.82, 2.24) is 9.55 Å². The fraction of sp³-hybridized carbons (Fsp3) is 0.182. The largest absolute Gasteiger partial charge is 0.329 e. The van der Waals surface area contributed by atoms with Crippen LogP contribution in [0.1, 0.15) is 11.4 Å². The lowest BCUT2D eigenvalue weighted by atomic mass is 10.2. The normalized spacial score (nSPS) is 10.7. The fourth-order valence-electron chi connectivity index (χ4n) is 1.45. The molecule has 2 rings (SSSR count). The second kappa shape index (κ2) is 5.21. The standard InChI is InChI=1S/C11H9BrCl2N2/c12-9-2-1-8(10(14)5-9)7-16-4-3-15-11(16)6-13/h1-5H,6-7H2. The maximum atomic E-state index is 6.15. The molecular formula is C11H9BrCl2N2. The molecule has 1 aromatic heterocycles. The summed E-state index contributed by atoms with van der Waals surface area (Å²) in [6.07, 6.45) is 3.64. The van der Waals surface area contributed by atoms with Crippen LogP contribution in [0.5, 0.6) is 0 Å². The zero-order valence-electron chi connectivity index (χ0n) is 8.33. The van der Waals surface area contributed by atoms with Crippen LogP contribution in [0.4, 0.5) is 0 Å². The van der Waals surface area contributed by atoms with E-state index < -0.39 is 0 Å². The maximum absolute atomic E-state index is 6.15. The van der Waals surface area contributed by atoms with Crippen LogP contribution in [-0.2, 0) is 12.4 Å². The average molecular weight is 320 g/mol. The molecule has 0 saturated carbocycles. The van der Waals surface area contributed by atoms with Gasteiger partial charge in [0.15, 0.2) is 0 Å². The Balaban J connectivity index is 2.27. The van der Waals surface area contributed by atoms with Gasteiger partial charge in [0.2, 0.25) is 0 Å². The molecule has 0 atom stereocenters. The zero-order chi connectivity index (χ0) is 11.5. The van der Waals surface area contributed by atoms with Gasteiger partial charge >= 0.3 is 0 Å². The van der Waals surface area contributed by atoms with Gasteiger partial charge in [0.1, 0.15) is 5.82 Å². The molecule has 0 aliphatic carbocycles. The Morgan fingerprint density at radius 3 is 2.88 bits per heavy atom. The van der Waals surface area contributed by atoms with Crippen LogP contribution in [0.15, 0.2) is 35.1 Å². The van der Waals surface area contributed by atoms with Gasteiger partial charge in [-0.25, -0.2) is 4.98 Å². The number of imidazole rings is 1. The van der Waals surface area contributed by atoms with Crippen LogP contribution in [0, 0.1) is 0 Å². The summed E-state index contributed by atoms with van der Waals surface area (Å²) < 4.78 is 2.96. The highest BCUT2D eigenvalue weighted by Crippen LogP contribution is 2.22. The summed E-state index contributed by atoms with van der Waals surface area (Å²) in [5.41, 5.74) is 1.05. The molecule has 0 N–H and O–H groups in total. The SMILES string of the molecule is ClCc1nccn1Cc1ccc(Br)cc1Cl. The fourth-order valence-corrected chi connectivity index (χ4v) is 2.40. The predicted octanol–water partition coefficient (Wildman–Crippen LogP) is 4.09. The molecular weight excluding hydrogens is 311 g/mol. The van der Waals surface area contributed by atoms with Crippen LogP contribution < -0.4 is 0 Å². The molecule has 84 valence electrons. The van der Waals surface area contributed by atoms with Crippen molar-refractivity contribution in [2.24, 2.45) is 0 Å². The van der Waals surface area contributed by atoms with E-state index >= 15 is 0 Å². The van der Waals surface area contributed by atoms with Crippen molar-refractivity contribution < 1.29 is 0 Å². The Morgan fingerprint density at radius 2 is 2.19 bits per heavy atom. The second-order valence-corrected chi connectivity index (χ2v) is 4.93. The van der Waals surface area contributed by atoms with Gasteiger partial charge in [-0.2, -0.15) is 0 Å². The number of halogens is 3. The van der Waals surface area contributed by atoms with Gasteiger partial charge in [0.05, 0.1) is 12.4 Å². The van der Waals surface area contributed by atoms with Crippen LogP contribution in [0.25, 0.3) is 0 Å². The number of hydrogen-bond donors (Lipinski definition) is 0. The Kier molecular flexibility index (Phi) is 3.90. The Labute approximate surface area is 112 Å². The highest BCUT2D eigenvalue weighted by Gasteiger charge is 2.05. The van der Waals surface area contributed by atoms with Crippen molar-refractivity contribution in [3.05, 3.63) is 51.5 Å². The zero-order valence-corrected chi connectivity index (χ0v) is 11.4. The molecule has 0 radical (unpaired) electrons. The van der Waals surface area contributed by atoms with Crippen LogP contribution in [0.2, 0.25) is 5.02 Å². The molecule has 2 nitrogen and oxygen atoms in total. The number of aromatic nitrogens is 2. The summed E-state index contributed by atoms with van der Waals surface area (Å²) in [5, 5.41) is 0.739. The molecule has 0 bridgehead atoms. The van der Waals surface area contributed by atoms with Crippen molar-refractivity contribution in [3.8, 4) is 0 Å². The van der Waals surface area contributed by atoms with Crippen LogP contribution in [0.3, 0.4) is 0 Å². The molecule has 0 aliphatic heterocycles. The monoisotopic (exact) mass is 318 g/mol. The highest BCUT2D eigenvalue weighted by atomic mass is 79.9. The Morgan fingerprint density at radius 1 is 1.38 bits per heavy atom. The van der Waals surface area contributed by atoms with Gasteiger partial charge in [-0.05, 0) is 17.7 Å². The van der Waals surface area contributed by atoms with Crippen molar-refractivity contribution in [2.75, 3.05) is 0 Å². The number of benzene rings is 1. The number of rotatable bonds is 3. The van der Waals surface area contributed by atoms with Crippen LogP contribution >= 0.6 is 39.1 Å². The van der Waals surface area contributed by atoms with Crippen LogP contribution in [-0.4, -0.2) is 9.55 Å². The van der Waals surface area contributed by atoms with Crippen molar-refractivity contribution in [2.45, 2.75) is 12.4 Å². The minimum absolute atomic E-state index is 0.404. The first-order valence-electron chi connectivity index (χ1n) is 4.70. The third-order valence-electron chi connectivity index (χ3n) is 2.28. The molecule has 0 saturated heterocycles. The first-order valence-corrected chi connectivity index (χ1v) is 6.41. The van der Waals surface area contributed by atoms with Gasteiger partial charge in [0.25, 0.3) is 0 Å². The van der Waals surface area contributed by atoms with Gasteiger partial charge in [-0.15, -0.1) is 11.6 Å².